The molecule has 9 nitrogen and oxygen atoms in total. The minimum Gasteiger partial charge on any atom is -0.431 e. The quantitative estimate of drug-likeness (QED) is 0.333. The van der Waals surface area contributed by atoms with Crippen LogP contribution in [0.25, 0.3) is 11.0 Å². The lowest BCUT2D eigenvalue weighted by atomic mass is 10.1. The van der Waals surface area contributed by atoms with Crippen LogP contribution in [0.4, 0.5) is 11.4 Å². The van der Waals surface area contributed by atoms with Crippen LogP contribution in [-0.2, 0) is 16.8 Å². The Bertz CT molecular complexity index is 1420. The van der Waals surface area contributed by atoms with Crippen LogP contribution in [-0.4, -0.2) is 20.4 Å². The van der Waals surface area contributed by atoms with Crippen molar-refractivity contribution in [3.8, 4) is 10.9 Å². The summed E-state index contributed by atoms with van der Waals surface area (Å²) >= 11 is 1.37. The predicted molar refractivity (Wildman–Crippen MR) is 125 cm³/mol. The summed E-state index contributed by atoms with van der Waals surface area (Å²) in [4.78, 5) is 16.7. The van der Waals surface area contributed by atoms with Gasteiger partial charge in [0.25, 0.3) is 15.4 Å². The molecule has 2 aromatic carbocycles. The summed E-state index contributed by atoms with van der Waals surface area (Å²) in [5, 5.41) is 6.25. The van der Waals surface area contributed by atoms with Crippen LogP contribution in [0.3, 0.4) is 0 Å². The Balaban J connectivity index is 1.55. The van der Waals surface area contributed by atoms with Gasteiger partial charge in [-0.05, 0) is 42.8 Å². The van der Waals surface area contributed by atoms with Gasteiger partial charge in [-0.15, -0.1) is 0 Å². The van der Waals surface area contributed by atoms with Crippen molar-refractivity contribution in [3.05, 3.63) is 75.6 Å². The lowest BCUT2D eigenvalue weighted by Gasteiger charge is -2.12. The highest BCUT2D eigenvalue weighted by Crippen LogP contribution is 2.28. The van der Waals surface area contributed by atoms with Gasteiger partial charge in [-0.1, -0.05) is 17.4 Å². The van der Waals surface area contributed by atoms with Crippen molar-refractivity contribution in [2.75, 3.05) is 17.1 Å². The van der Waals surface area contributed by atoms with Gasteiger partial charge >= 0.3 is 5.63 Å². The predicted octanol–water partition coefficient (Wildman–Crippen LogP) is 3.84. The fourth-order valence-electron chi connectivity index (χ4n) is 3.09. The summed E-state index contributed by atoms with van der Waals surface area (Å²) in [6.45, 7) is 2.07. The lowest BCUT2D eigenvalue weighted by molar-refractivity contribution is 0.476. The smallest absolute Gasteiger partial charge is 0.341 e. The van der Waals surface area contributed by atoms with Crippen molar-refractivity contribution in [3.63, 3.8) is 0 Å². The number of hydrogen-bond donors (Lipinski definition) is 3. The molecular weight excluding hydrogens is 452 g/mol. The summed E-state index contributed by atoms with van der Waals surface area (Å²) in [7, 11) is -2.30. The summed E-state index contributed by atoms with van der Waals surface area (Å²) in [5.41, 5.74) is 2.27. The normalized spacial score (nSPS) is 11.4. The van der Waals surface area contributed by atoms with Crippen molar-refractivity contribution in [1.29, 1.82) is 0 Å². The van der Waals surface area contributed by atoms with Gasteiger partial charge in [0.05, 0.1) is 11.3 Å². The van der Waals surface area contributed by atoms with Crippen molar-refractivity contribution in [2.45, 2.75) is 13.5 Å². The largest absolute Gasteiger partial charge is 0.431 e. The van der Waals surface area contributed by atoms with E-state index in [1.54, 1.807) is 42.6 Å². The van der Waals surface area contributed by atoms with Gasteiger partial charge in [-0.3, -0.25) is 4.72 Å². The van der Waals surface area contributed by atoms with E-state index < -0.39 is 15.8 Å². The summed E-state index contributed by atoms with van der Waals surface area (Å²) < 4.78 is 39.2. The Morgan fingerprint density at radius 3 is 2.72 bits per heavy atom. The molecule has 4 rings (SSSR count). The molecule has 3 N–H and O–H groups in total. The van der Waals surface area contributed by atoms with E-state index in [-0.39, 0.29) is 6.54 Å². The molecule has 0 aliphatic rings. The first-order chi connectivity index (χ1) is 15.3. The van der Waals surface area contributed by atoms with E-state index in [9.17, 15) is 13.2 Å². The van der Waals surface area contributed by atoms with Crippen LogP contribution in [0.15, 0.2) is 63.3 Å². The number of nitrogens with zero attached hydrogens (tertiary/aromatic N) is 1. The highest BCUT2D eigenvalue weighted by atomic mass is 32.2. The van der Waals surface area contributed by atoms with Crippen molar-refractivity contribution >= 4 is 43.9 Å². The number of fused-ring (bicyclic) bond motifs is 1. The zero-order chi connectivity index (χ0) is 22.7. The second kappa shape index (κ2) is 8.99. The van der Waals surface area contributed by atoms with E-state index >= 15 is 0 Å². The molecule has 0 fully saturated rings. The Morgan fingerprint density at radius 1 is 1.16 bits per heavy atom. The van der Waals surface area contributed by atoms with Crippen molar-refractivity contribution in [1.82, 2.24) is 9.71 Å². The summed E-state index contributed by atoms with van der Waals surface area (Å²) in [5.74, 6) is 0.529. The molecule has 166 valence electrons. The molecule has 0 saturated carbocycles. The molecule has 0 bridgehead atoms. The molecule has 0 amide bonds. The topological polar surface area (TPSA) is 123 Å². The number of aromatic nitrogens is 1. The van der Waals surface area contributed by atoms with Crippen molar-refractivity contribution in [2.24, 2.45) is 0 Å². The lowest BCUT2D eigenvalue weighted by Crippen LogP contribution is -2.26. The van der Waals surface area contributed by atoms with Gasteiger partial charge in [0.2, 0.25) is 0 Å². The van der Waals surface area contributed by atoms with Gasteiger partial charge in [-0.2, -0.15) is 8.42 Å². The first-order valence-corrected chi connectivity index (χ1v) is 11.9. The Hall–Kier alpha value is -3.41. The molecule has 0 saturated heterocycles. The number of rotatable bonds is 8. The second-order valence-corrected chi connectivity index (χ2v) is 9.27. The highest BCUT2D eigenvalue weighted by molar-refractivity contribution is 7.90. The maximum Gasteiger partial charge on any atom is 0.341 e. The molecule has 0 aliphatic heterocycles. The van der Waals surface area contributed by atoms with Crippen LogP contribution in [0.5, 0.6) is 10.9 Å². The Morgan fingerprint density at radius 2 is 1.97 bits per heavy atom. The fraction of sp³-hybridized carbons (Fsp3) is 0.143. The summed E-state index contributed by atoms with van der Waals surface area (Å²) in [6, 6.07) is 12.0. The van der Waals surface area contributed by atoms with Crippen LogP contribution in [0, 0.1) is 6.92 Å². The second-order valence-electron chi connectivity index (χ2n) is 6.80. The third-order valence-corrected chi connectivity index (χ3v) is 6.42. The third kappa shape index (κ3) is 4.90. The zero-order valence-corrected chi connectivity index (χ0v) is 18.8. The molecule has 11 heteroatoms. The number of anilines is 2. The van der Waals surface area contributed by atoms with Gasteiger partial charge in [-0.25, -0.2) is 14.5 Å². The van der Waals surface area contributed by atoms with Crippen LogP contribution in [0.1, 0.15) is 11.1 Å². The average Bonchev–Trinajstić information content (AvgIpc) is 3.26. The number of nitrogens with one attached hydrogen (secondary N) is 3. The molecule has 32 heavy (non-hydrogen) atoms. The number of hydrogen-bond acceptors (Lipinski definition) is 8. The molecule has 0 atom stereocenters. The number of thiazole rings is 1. The monoisotopic (exact) mass is 472 g/mol. The SMILES string of the molecule is CNS(=O)(=O)Nc1cccc(NCc2c(C)c3ccc(Oc4nccs4)cc3oc2=O)c1. The number of benzene rings is 2. The molecule has 2 aromatic heterocycles. The minimum absolute atomic E-state index is 0.212. The first-order valence-electron chi connectivity index (χ1n) is 9.53. The molecule has 0 spiro atoms. The molecule has 0 unspecified atom stereocenters. The van der Waals surface area contributed by atoms with E-state index in [0.717, 1.165) is 10.9 Å². The van der Waals surface area contributed by atoms with E-state index in [1.165, 1.54) is 18.4 Å². The third-order valence-electron chi connectivity index (χ3n) is 4.73. The zero-order valence-electron chi connectivity index (χ0n) is 17.2. The summed E-state index contributed by atoms with van der Waals surface area (Å²) in [6.07, 6.45) is 1.65. The van der Waals surface area contributed by atoms with E-state index in [2.05, 4.69) is 19.7 Å². The minimum atomic E-state index is -3.62. The Kier molecular flexibility index (Phi) is 6.12. The van der Waals surface area contributed by atoms with Gasteiger partial charge in [0.15, 0.2) is 0 Å². The molecule has 2 heterocycles. The maximum atomic E-state index is 12.6. The van der Waals surface area contributed by atoms with Crippen LogP contribution >= 0.6 is 11.3 Å². The van der Waals surface area contributed by atoms with E-state index in [4.69, 9.17) is 9.15 Å². The first kappa shape index (κ1) is 21.8. The van der Waals surface area contributed by atoms with Crippen LogP contribution in [0.2, 0.25) is 0 Å². The fourth-order valence-corrected chi connectivity index (χ4v) is 4.14. The molecular formula is C21H20N4O5S2. The molecule has 0 aliphatic carbocycles. The number of ether oxygens (including phenoxy) is 1. The number of aryl methyl sites for hydroxylation is 1. The molecule has 4 aromatic rings. The standard InChI is InChI=1S/C21H20N4O5S2/c1-13-17-7-6-16(29-21-23-8-9-31-21)11-19(17)30-20(26)18(13)12-24-14-4-3-5-15(10-14)25-32(27,28)22-2/h3-11,22,24-25H,12H2,1-2H3. The average molecular weight is 473 g/mol. The van der Waals surface area contributed by atoms with Crippen LogP contribution < -0.4 is 25.1 Å². The van der Waals surface area contributed by atoms with E-state index in [0.29, 0.717) is 33.5 Å². The van der Waals surface area contributed by atoms with Gasteiger partial charge in [0.1, 0.15) is 11.3 Å². The Labute approximate surface area is 188 Å². The van der Waals surface area contributed by atoms with E-state index in [1.807, 2.05) is 18.4 Å². The highest BCUT2D eigenvalue weighted by Gasteiger charge is 2.13. The van der Waals surface area contributed by atoms with Gasteiger partial charge in [0, 0.05) is 42.3 Å². The van der Waals surface area contributed by atoms with Gasteiger partial charge < -0.3 is 14.5 Å². The molecule has 0 radical (unpaired) electrons. The maximum absolute atomic E-state index is 12.6. The van der Waals surface area contributed by atoms with Crippen molar-refractivity contribution < 1.29 is 17.6 Å².